The monoisotopic (exact) mass is 269 g/mol. The number of aryl methyl sites for hydroxylation is 3. The minimum atomic E-state index is 0.836. The van der Waals surface area contributed by atoms with Gasteiger partial charge in [0.05, 0.1) is 7.11 Å². The molecule has 2 rings (SSSR count). The third-order valence-corrected chi connectivity index (χ3v) is 3.67. The normalized spacial score (nSPS) is 10.4. The first-order valence-electron chi connectivity index (χ1n) is 7.11. The number of hydrogen-bond acceptors (Lipinski definition) is 2. The molecule has 0 aliphatic carbocycles. The molecular weight excluding hydrogens is 246 g/mol. The van der Waals surface area contributed by atoms with Crippen LogP contribution in [-0.4, -0.2) is 7.11 Å². The highest BCUT2D eigenvalue weighted by Gasteiger charge is 2.05. The largest absolute Gasteiger partial charge is 0.496 e. The van der Waals surface area contributed by atoms with Crippen LogP contribution >= 0.6 is 0 Å². The van der Waals surface area contributed by atoms with Gasteiger partial charge in [-0.05, 0) is 48.6 Å². The maximum absolute atomic E-state index is 5.30. The minimum absolute atomic E-state index is 0.836. The number of benzene rings is 2. The van der Waals surface area contributed by atoms with Crippen molar-refractivity contribution in [3.8, 4) is 5.75 Å². The molecule has 0 radical (unpaired) electrons. The van der Waals surface area contributed by atoms with Gasteiger partial charge >= 0.3 is 0 Å². The average molecular weight is 269 g/mol. The highest BCUT2D eigenvalue weighted by Crippen LogP contribution is 2.23. The molecule has 0 aliphatic rings. The Labute approximate surface area is 121 Å². The molecule has 2 heteroatoms. The van der Waals surface area contributed by atoms with Gasteiger partial charge in [0.1, 0.15) is 5.75 Å². The number of ether oxygens (including phenoxy) is 1. The van der Waals surface area contributed by atoms with E-state index in [1.165, 1.54) is 27.9 Å². The zero-order valence-corrected chi connectivity index (χ0v) is 12.8. The molecule has 0 aliphatic heterocycles. The maximum atomic E-state index is 5.30. The van der Waals surface area contributed by atoms with Crippen molar-refractivity contribution in [1.82, 2.24) is 0 Å². The summed E-state index contributed by atoms with van der Waals surface area (Å²) in [4.78, 5) is 0. The Hall–Kier alpha value is -1.96. The van der Waals surface area contributed by atoms with Crippen molar-refractivity contribution in [1.29, 1.82) is 0 Å². The standard InChI is InChI=1S/C18H23NO/c1-5-16-8-6-7-13(2)18(16)19-12-15-9-10-17(20-4)14(3)11-15/h6-11,19H,5,12H2,1-4H3. The van der Waals surface area contributed by atoms with Crippen molar-refractivity contribution >= 4 is 5.69 Å². The lowest BCUT2D eigenvalue weighted by Crippen LogP contribution is -2.04. The Bertz CT molecular complexity index is 590. The van der Waals surface area contributed by atoms with Crippen LogP contribution < -0.4 is 10.1 Å². The summed E-state index contributed by atoms with van der Waals surface area (Å²) in [6, 6.07) is 12.8. The first-order valence-corrected chi connectivity index (χ1v) is 7.11. The molecule has 0 bridgehead atoms. The Morgan fingerprint density at radius 2 is 1.85 bits per heavy atom. The van der Waals surface area contributed by atoms with E-state index in [9.17, 15) is 0 Å². The van der Waals surface area contributed by atoms with Crippen LogP contribution in [0, 0.1) is 13.8 Å². The Morgan fingerprint density at radius 1 is 1.05 bits per heavy atom. The second-order valence-corrected chi connectivity index (χ2v) is 5.12. The van der Waals surface area contributed by atoms with Crippen molar-refractivity contribution in [3.05, 3.63) is 58.7 Å². The van der Waals surface area contributed by atoms with E-state index in [-0.39, 0.29) is 0 Å². The van der Waals surface area contributed by atoms with Crippen LogP contribution in [-0.2, 0) is 13.0 Å². The molecule has 0 heterocycles. The molecule has 0 unspecified atom stereocenters. The molecule has 0 saturated carbocycles. The predicted octanol–water partition coefficient (Wildman–Crippen LogP) is 4.49. The molecule has 1 N–H and O–H groups in total. The van der Waals surface area contributed by atoms with Crippen LogP contribution in [0.4, 0.5) is 5.69 Å². The van der Waals surface area contributed by atoms with Gasteiger partial charge in [0, 0.05) is 12.2 Å². The minimum Gasteiger partial charge on any atom is -0.496 e. The van der Waals surface area contributed by atoms with Gasteiger partial charge in [-0.15, -0.1) is 0 Å². The molecule has 2 nitrogen and oxygen atoms in total. The fourth-order valence-electron chi connectivity index (χ4n) is 2.52. The molecule has 0 atom stereocenters. The van der Waals surface area contributed by atoms with Gasteiger partial charge in [0.25, 0.3) is 0 Å². The van der Waals surface area contributed by atoms with Crippen LogP contribution in [0.15, 0.2) is 36.4 Å². The van der Waals surface area contributed by atoms with E-state index in [1.54, 1.807) is 7.11 Å². The van der Waals surface area contributed by atoms with E-state index in [4.69, 9.17) is 4.74 Å². The Morgan fingerprint density at radius 3 is 2.50 bits per heavy atom. The Balaban J connectivity index is 2.15. The number of para-hydroxylation sites is 1. The fraction of sp³-hybridized carbons (Fsp3) is 0.333. The second-order valence-electron chi connectivity index (χ2n) is 5.12. The molecule has 0 fully saturated rings. The summed E-state index contributed by atoms with van der Waals surface area (Å²) in [5, 5.41) is 3.57. The molecule has 0 aromatic heterocycles. The molecule has 2 aromatic carbocycles. The third-order valence-electron chi connectivity index (χ3n) is 3.67. The van der Waals surface area contributed by atoms with Gasteiger partial charge in [-0.1, -0.05) is 37.3 Å². The van der Waals surface area contributed by atoms with Gasteiger partial charge in [-0.3, -0.25) is 0 Å². The highest BCUT2D eigenvalue weighted by molar-refractivity contribution is 5.57. The van der Waals surface area contributed by atoms with Gasteiger partial charge in [0.2, 0.25) is 0 Å². The van der Waals surface area contributed by atoms with Crippen molar-refractivity contribution in [3.63, 3.8) is 0 Å². The first-order chi connectivity index (χ1) is 9.65. The third kappa shape index (κ3) is 3.13. The van der Waals surface area contributed by atoms with Crippen molar-refractivity contribution in [2.45, 2.75) is 33.7 Å². The molecular formula is C18H23NO. The van der Waals surface area contributed by atoms with Gasteiger partial charge in [-0.2, -0.15) is 0 Å². The van der Waals surface area contributed by atoms with Crippen molar-refractivity contribution in [2.24, 2.45) is 0 Å². The average Bonchev–Trinajstić information content (AvgIpc) is 2.46. The lowest BCUT2D eigenvalue weighted by Gasteiger charge is -2.15. The summed E-state index contributed by atoms with van der Waals surface area (Å²) >= 11 is 0. The molecule has 2 aromatic rings. The lowest BCUT2D eigenvalue weighted by molar-refractivity contribution is 0.411. The molecule has 106 valence electrons. The fourth-order valence-corrected chi connectivity index (χ4v) is 2.52. The summed E-state index contributed by atoms with van der Waals surface area (Å²) < 4.78 is 5.30. The zero-order valence-electron chi connectivity index (χ0n) is 12.8. The summed E-state index contributed by atoms with van der Waals surface area (Å²) in [7, 11) is 1.71. The molecule has 0 spiro atoms. The quantitative estimate of drug-likeness (QED) is 0.863. The van der Waals surface area contributed by atoms with E-state index >= 15 is 0 Å². The van der Waals surface area contributed by atoms with Gasteiger partial charge in [-0.25, -0.2) is 0 Å². The predicted molar refractivity (Wildman–Crippen MR) is 85.6 cm³/mol. The van der Waals surface area contributed by atoms with Crippen LogP contribution in [0.1, 0.15) is 29.2 Å². The molecule has 0 amide bonds. The Kier molecular flexibility index (Phi) is 4.67. The van der Waals surface area contributed by atoms with Gasteiger partial charge in [0.15, 0.2) is 0 Å². The van der Waals surface area contributed by atoms with Crippen LogP contribution in [0.25, 0.3) is 0 Å². The lowest BCUT2D eigenvalue weighted by atomic mass is 10.1. The second kappa shape index (κ2) is 6.47. The zero-order chi connectivity index (χ0) is 14.5. The number of anilines is 1. The van der Waals surface area contributed by atoms with Crippen molar-refractivity contribution < 1.29 is 4.74 Å². The van der Waals surface area contributed by atoms with E-state index < -0.39 is 0 Å². The summed E-state index contributed by atoms with van der Waals surface area (Å²) in [6.45, 7) is 7.26. The topological polar surface area (TPSA) is 21.3 Å². The van der Waals surface area contributed by atoms with Crippen LogP contribution in [0.2, 0.25) is 0 Å². The summed E-state index contributed by atoms with van der Waals surface area (Å²) in [5.41, 5.74) is 6.38. The van der Waals surface area contributed by atoms with E-state index in [0.717, 1.165) is 18.7 Å². The summed E-state index contributed by atoms with van der Waals surface area (Å²) in [6.07, 6.45) is 1.05. The van der Waals surface area contributed by atoms with E-state index in [0.29, 0.717) is 0 Å². The van der Waals surface area contributed by atoms with Crippen molar-refractivity contribution in [2.75, 3.05) is 12.4 Å². The number of nitrogens with one attached hydrogen (secondary N) is 1. The van der Waals surface area contributed by atoms with Gasteiger partial charge < -0.3 is 10.1 Å². The van der Waals surface area contributed by atoms with Crippen LogP contribution in [0.3, 0.4) is 0 Å². The number of rotatable bonds is 5. The highest BCUT2D eigenvalue weighted by atomic mass is 16.5. The molecule has 20 heavy (non-hydrogen) atoms. The van der Waals surface area contributed by atoms with Crippen LogP contribution in [0.5, 0.6) is 5.75 Å². The van der Waals surface area contributed by atoms with E-state index in [2.05, 4.69) is 56.4 Å². The smallest absolute Gasteiger partial charge is 0.121 e. The molecule has 0 saturated heterocycles. The number of methoxy groups -OCH3 is 1. The summed E-state index contributed by atoms with van der Waals surface area (Å²) in [5.74, 6) is 0.943. The maximum Gasteiger partial charge on any atom is 0.121 e. The first kappa shape index (κ1) is 14.4. The number of hydrogen-bond donors (Lipinski definition) is 1. The SMILES string of the molecule is CCc1cccc(C)c1NCc1ccc(OC)c(C)c1. The van der Waals surface area contributed by atoms with E-state index in [1.807, 2.05) is 6.07 Å².